The largest absolute Gasteiger partial charge is 0.444 e. The van der Waals surface area contributed by atoms with Crippen LogP contribution < -0.4 is 10.6 Å². The normalized spacial score (nSPS) is 10.3. The predicted molar refractivity (Wildman–Crippen MR) is 79.5 cm³/mol. The van der Waals surface area contributed by atoms with Gasteiger partial charge < -0.3 is 20.0 Å². The van der Waals surface area contributed by atoms with Gasteiger partial charge in [0.05, 0.1) is 6.54 Å². The molecule has 0 unspecified atom stereocenters. The molecule has 0 aromatic carbocycles. The zero-order chi connectivity index (χ0) is 15.0. The third-order valence-corrected chi connectivity index (χ3v) is 2.99. The Morgan fingerprint density at radius 2 is 2.05 bits per heavy atom. The molecule has 0 spiro atoms. The summed E-state index contributed by atoms with van der Waals surface area (Å²) >= 11 is 3.13. The van der Waals surface area contributed by atoms with Gasteiger partial charge in [-0.2, -0.15) is 0 Å². The summed E-state index contributed by atoms with van der Waals surface area (Å²) in [5, 5.41) is 5.93. The molecule has 0 aliphatic carbocycles. The molecule has 1 heterocycles. The Morgan fingerprint density at radius 1 is 1.30 bits per heavy atom. The van der Waals surface area contributed by atoms with Crippen LogP contribution in [0.15, 0.2) is 21.2 Å². The maximum absolute atomic E-state index is 11.9. The first-order valence-corrected chi connectivity index (χ1v) is 7.32. The number of rotatable bonds is 8. The molecule has 1 aromatic rings. The van der Waals surface area contributed by atoms with E-state index in [1.54, 1.807) is 19.2 Å². The highest BCUT2D eigenvalue weighted by molar-refractivity contribution is 9.10. The van der Waals surface area contributed by atoms with Crippen LogP contribution in [-0.4, -0.2) is 49.9 Å². The Bertz CT molecular complexity index is 448. The fraction of sp³-hybridized carbons (Fsp3) is 0.538. The predicted octanol–water partition coefficient (Wildman–Crippen LogP) is 1.23. The van der Waals surface area contributed by atoms with Gasteiger partial charge in [0.2, 0.25) is 5.91 Å². The van der Waals surface area contributed by atoms with Crippen molar-refractivity contribution in [3.05, 3.63) is 22.6 Å². The molecule has 112 valence electrons. The SMILES string of the molecule is CCCNCCNC(=O)CN(C)C(=O)c1ccc(Br)o1. The van der Waals surface area contributed by atoms with Crippen LogP contribution in [0.2, 0.25) is 0 Å². The van der Waals surface area contributed by atoms with E-state index in [4.69, 9.17) is 4.42 Å². The van der Waals surface area contributed by atoms with Gasteiger partial charge in [0.1, 0.15) is 0 Å². The molecule has 1 aromatic heterocycles. The number of nitrogens with one attached hydrogen (secondary N) is 2. The van der Waals surface area contributed by atoms with E-state index in [1.165, 1.54) is 4.90 Å². The lowest BCUT2D eigenvalue weighted by Crippen LogP contribution is -2.40. The minimum Gasteiger partial charge on any atom is -0.444 e. The summed E-state index contributed by atoms with van der Waals surface area (Å²) in [4.78, 5) is 24.9. The van der Waals surface area contributed by atoms with E-state index in [0.717, 1.165) is 19.5 Å². The van der Waals surface area contributed by atoms with Crippen LogP contribution in [0.3, 0.4) is 0 Å². The van der Waals surface area contributed by atoms with Gasteiger partial charge in [0, 0.05) is 20.1 Å². The van der Waals surface area contributed by atoms with Gasteiger partial charge in [-0.05, 0) is 41.0 Å². The van der Waals surface area contributed by atoms with Gasteiger partial charge in [-0.25, -0.2) is 0 Å². The number of carbonyl (C=O) groups is 2. The van der Waals surface area contributed by atoms with Crippen LogP contribution in [-0.2, 0) is 4.79 Å². The third-order valence-electron chi connectivity index (χ3n) is 2.56. The van der Waals surface area contributed by atoms with Crippen LogP contribution in [0, 0.1) is 0 Å². The van der Waals surface area contributed by atoms with Gasteiger partial charge in [-0.15, -0.1) is 0 Å². The minimum atomic E-state index is -0.324. The molecule has 0 atom stereocenters. The molecule has 0 bridgehead atoms. The fourth-order valence-electron chi connectivity index (χ4n) is 1.55. The van der Waals surface area contributed by atoms with E-state index < -0.39 is 0 Å². The average molecular weight is 346 g/mol. The van der Waals surface area contributed by atoms with E-state index in [0.29, 0.717) is 11.2 Å². The number of nitrogens with zero attached hydrogens (tertiary/aromatic N) is 1. The molecule has 7 heteroatoms. The number of carbonyl (C=O) groups excluding carboxylic acids is 2. The van der Waals surface area contributed by atoms with Gasteiger partial charge in [0.15, 0.2) is 10.4 Å². The number of furan rings is 1. The minimum absolute atomic E-state index is 0.00489. The summed E-state index contributed by atoms with van der Waals surface area (Å²) in [5.74, 6) is -0.309. The highest BCUT2D eigenvalue weighted by Gasteiger charge is 2.17. The van der Waals surface area contributed by atoms with Crippen LogP contribution in [0.5, 0.6) is 0 Å². The molecule has 0 fully saturated rings. The van der Waals surface area contributed by atoms with Crippen LogP contribution in [0.25, 0.3) is 0 Å². The standard InChI is InChI=1S/C13H20BrN3O3/c1-3-6-15-7-8-16-12(18)9-17(2)13(19)10-4-5-11(14)20-10/h4-5,15H,3,6-9H2,1-2H3,(H,16,18). The Balaban J connectivity index is 2.29. The quantitative estimate of drug-likeness (QED) is 0.695. The summed E-state index contributed by atoms with van der Waals surface area (Å²) in [5.41, 5.74) is 0. The lowest BCUT2D eigenvalue weighted by molar-refractivity contribution is -0.121. The fourth-order valence-corrected chi connectivity index (χ4v) is 1.86. The van der Waals surface area contributed by atoms with Gasteiger partial charge in [-0.3, -0.25) is 9.59 Å². The van der Waals surface area contributed by atoms with E-state index in [2.05, 4.69) is 33.5 Å². The Kier molecular flexibility index (Phi) is 7.32. The van der Waals surface area contributed by atoms with Crippen molar-refractivity contribution < 1.29 is 14.0 Å². The molecule has 6 nitrogen and oxygen atoms in total. The first-order valence-electron chi connectivity index (χ1n) is 6.52. The molecular formula is C13H20BrN3O3. The third kappa shape index (κ3) is 5.75. The lowest BCUT2D eigenvalue weighted by Gasteiger charge is -2.15. The summed E-state index contributed by atoms with van der Waals surface area (Å²) in [6.45, 7) is 4.29. The van der Waals surface area contributed by atoms with Crippen molar-refractivity contribution in [2.45, 2.75) is 13.3 Å². The molecule has 0 aliphatic heterocycles. The summed E-state index contributed by atoms with van der Waals surface area (Å²) in [7, 11) is 1.56. The van der Waals surface area contributed by atoms with E-state index in [1.807, 2.05) is 0 Å². The van der Waals surface area contributed by atoms with Crippen LogP contribution in [0.4, 0.5) is 0 Å². The molecule has 0 saturated carbocycles. The maximum Gasteiger partial charge on any atom is 0.289 e. The van der Waals surface area contributed by atoms with E-state index in [-0.39, 0.29) is 24.1 Å². The van der Waals surface area contributed by atoms with Gasteiger partial charge >= 0.3 is 0 Å². The Morgan fingerprint density at radius 3 is 2.65 bits per heavy atom. The first kappa shape index (κ1) is 16.7. The Hall–Kier alpha value is -1.34. The van der Waals surface area contributed by atoms with Crippen molar-refractivity contribution in [1.29, 1.82) is 0 Å². The molecule has 0 saturated heterocycles. The van der Waals surface area contributed by atoms with Crippen molar-refractivity contribution in [2.75, 3.05) is 33.2 Å². The summed E-state index contributed by atoms with van der Waals surface area (Å²) in [6, 6.07) is 3.20. The summed E-state index contributed by atoms with van der Waals surface area (Å²) < 4.78 is 5.64. The zero-order valence-corrected chi connectivity index (χ0v) is 13.3. The van der Waals surface area contributed by atoms with E-state index >= 15 is 0 Å². The molecule has 1 rings (SSSR count). The van der Waals surface area contributed by atoms with Gasteiger partial charge in [-0.1, -0.05) is 6.92 Å². The molecule has 20 heavy (non-hydrogen) atoms. The van der Waals surface area contributed by atoms with Crippen molar-refractivity contribution in [1.82, 2.24) is 15.5 Å². The van der Waals surface area contributed by atoms with Crippen LogP contribution in [0.1, 0.15) is 23.9 Å². The first-order chi connectivity index (χ1) is 9.54. The number of likely N-dealkylation sites (N-methyl/N-ethyl adjacent to an activating group) is 1. The molecule has 0 radical (unpaired) electrons. The highest BCUT2D eigenvalue weighted by Crippen LogP contribution is 2.15. The van der Waals surface area contributed by atoms with Crippen molar-refractivity contribution >= 4 is 27.7 Å². The van der Waals surface area contributed by atoms with Crippen LogP contribution >= 0.6 is 15.9 Å². The second-order valence-corrected chi connectivity index (χ2v) is 5.15. The van der Waals surface area contributed by atoms with Crippen molar-refractivity contribution in [3.63, 3.8) is 0 Å². The highest BCUT2D eigenvalue weighted by atomic mass is 79.9. The number of amides is 2. The van der Waals surface area contributed by atoms with Crippen molar-refractivity contribution in [3.8, 4) is 0 Å². The second-order valence-electron chi connectivity index (χ2n) is 4.36. The molecular weight excluding hydrogens is 326 g/mol. The molecule has 2 N–H and O–H groups in total. The smallest absolute Gasteiger partial charge is 0.289 e. The summed E-state index contributed by atoms with van der Waals surface area (Å²) in [6.07, 6.45) is 1.06. The zero-order valence-electron chi connectivity index (χ0n) is 11.7. The van der Waals surface area contributed by atoms with Crippen molar-refractivity contribution in [2.24, 2.45) is 0 Å². The topological polar surface area (TPSA) is 74.6 Å². The second kappa shape index (κ2) is 8.76. The number of halogens is 1. The Labute approximate surface area is 127 Å². The molecule has 0 aliphatic rings. The number of hydrogen-bond donors (Lipinski definition) is 2. The molecule has 2 amide bonds. The van der Waals surface area contributed by atoms with E-state index in [9.17, 15) is 9.59 Å². The maximum atomic E-state index is 11.9. The number of hydrogen-bond acceptors (Lipinski definition) is 4. The lowest BCUT2D eigenvalue weighted by atomic mass is 10.4. The monoisotopic (exact) mass is 345 g/mol. The average Bonchev–Trinajstić information content (AvgIpc) is 2.84. The van der Waals surface area contributed by atoms with Gasteiger partial charge in [0.25, 0.3) is 5.91 Å².